The van der Waals surface area contributed by atoms with Gasteiger partial charge in [0.1, 0.15) is 0 Å². The average molecular weight is 373 g/mol. The smallest absolute Gasteiger partial charge is 0.184 e. The normalized spacial score (nSPS) is 46.2. The molecule has 2 heteroatoms. The highest BCUT2D eigenvalue weighted by molar-refractivity contribution is 6.69. The molecule has 0 spiro atoms. The second kappa shape index (κ2) is 6.34. The summed E-state index contributed by atoms with van der Waals surface area (Å²) < 4.78 is 6.60. The number of rotatable bonds is 3. The van der Waals surface area contributed by atoms with Crippen LogP contribution < -0.4 is 0 Å². The molecule has 1 nitrogen and oxygen atoms in total. The summed E-state index contributed by atoms with van der Waals surface area (Å²) in [5.41, 5.74) is 2.63. The third kappa shape index (κ3) is 2.90. The Kier molecular flexibility index (Phi) is 4.63. The van der Waals surface area contributed by atoms with Crippen LogP contribution in [-0.2, 0) is 4.43 Å². The lowest BCUT2D eigenvalue weighted by Gasteiger charge is -2.57. The van der Waals surface area contributed by atoms with E-state index in [-0.39, 0.29) is 0 Å². The minimum Gasteiger partial charge on any atom is -0.415 e. The van der Waals surface area contributed by atoms with E-state index >= 15 is 0 Å². The van der Waals surface area contributed by atoms with Crippen LogP contribution in [0.25, 0.3) is 0 Å². The van der Waals surface area contributed by atoms with Crippen LogP contribution in [0.4, 0.5) is 0 Å². The lowest BCUT2D eigenvalue weighted by molar-refractivity contribution is -0.0552. The highest BCUT2D eigenvalue weighted by Gasteiger charge is 2.58. The number of fused-ring (bicyclic) bond motifs is 5. The van der Waals surface area contributed by atoms with Crippen molar-refractivity contribution in [3.05, 3.63) is 23.8 Å². The highest BCUT2D eigenvalue weighted by Crippen LogP contribution is 2.66. The molecule has 0 aliphatic heterocycles. The van der Waals surface area contributed by atoms with E-state index < -0.39 is 8.32 Å². The van der Waals surface area contributed by atoms with E-state index in [9.17, 15) is 0 Å². The molecule has 146 valence electrons. The van der Waals surface area contributed by atoms with Gasteiger partial charge in [0.15, 0.2) is 8.32 Å². The SMILES string of the molecule is C[C@H](O[Si](C)(C)C)[C@H]1CC[C@H]2[C@@H]3CC=C4C=CCC[C@]4(C)[C@H]3CC[C@]12C. The van der Waals surface area contributed by atoms with Crippen molar-refractivity contribution in [1.29, 1.82) is 0 Å². The maximum absolute atomic E-state index is 6.60. The minimum atomic E-state index is -1.46. The first-order valence-electron chi connectivity index (χ1n) is 11.2. The molecule has 0 radical (unpaired) electrons. The van der Waals surface area contributed by atoms with Gasteiger partial charge in [-0.15, -0.1) is 0 Å². The number of allylic oxidation sites excluding steroid dienone is 4. The van der Waals surface area contributed by atoms with Crippen molar-refractivity contribution in [3.8, 4) is 0 Å². The molecule has 0 unspecified atom stereocenters. The molecule has 0 aromatic heterocycles. The fourth-order valence-corrected chi connectivity index (χ4v) is 9.03. The lowest BCUT2D eigenvalue weighted by atomic mass is 9.48. The van der Waals surface area contributed by atoms with E-state index in [0.717, 1.165) is 23.7 Å². The molecule has 4 rings (SSSR count). The molecule has 0 aromatic rings. The molecule has 0 amide bonds. The Morgan fingerprint density at radius 2 is 1.85 bits per heavy atom. The Morgan fingerprint density at radius 3 is 2.58 bits per heavy atom. The van der Waals surface area contributed by atoms with Gasteiger partial charge in [0, 0.05) is 6.10 Å². The molecule has 26 heavy (non-hydrogen) atoms. The van der Waals surface area contributed by atoms with Gasteiger partial charge in [-0.1, -0.05) is 32.1 Å². The molecule has 4 aliphatic rings. The van der Waals surface area contributed by atoms with Gasteiger partial charge in [-0.25, -0.2) is 0 Å². The predicted molar refractivity (Wildman–Crippen MR) is 114 cm³/mol. The van der Waals surface area contributed by atoms with Crippen molar-refractivity contribution in [2.75, 3.05) is 0 Å². The van der Waals surface area contributed by atoms with Crippen LogP contribution in [0.1, 0.15) is 65.7 Å². The van der Waals surface area contributed by atoms with Crippen molar-refractivity contribution >= 4 is 8.32 Å². The Morgan fingerprint density at radius 1 is 1.08 bits per heavy atom. The van der Waals surface area contributed by atoms with Crippen LogP contribution in [0, 0.1) is 34.5 Å². The lowest BCUT2D eigenvalue weighted by Crippen LogP contribution is -2.50. The molecule has 2 fully saturated rings. The summed E-state index contributed by atoms with van der Waals surface area (Å²) in [6, 6.07) is 0. The van der Waals surface area contributed by atoms with Crippen molar-refractivity contribution in [2.45, 2.75) is 91.5 Å². The molecule has 0 aromatic carbocycles. The van der Waals surface area contributed by atoms with Crippen molar-refractivity contribution in [3.63, 3.8) is 0 Å². The van der Waals surface area contributed by atoms with Crippen molar-refractivity contribution in [2.24, 2.45) is 34.5 Å². The van der Waals surface area contributed by atoms with Crippen LogP contribution in [0.2, 0.25) is 19.6 Å². The van der Waals surface area contributed by atoms with E-state index in [1.54, 1.807) is 5.57 Å². The van der Waals surface area contributed by atoms with Crippen molar-refractivity contribution < 1.29 is 4.43 Å². The van der Waals surface area contributed by atoms with Crippen molar-refractivity contribution in [1.82, 2.24) is 0 Å². The van der Waals surface area contributed by atoms with Crippen LogP contribution >= 0.6 is 0 Å². The maximum atomic E-state index is 6.60. The van der Waals surface area contributed by atoms with E-state index in [0.29, 0.717) is 16.9 Å². The largest absolute Gasteiger partial charge is 0.415 e. The standard InChI is InChI=1S/C24H40OSi/c1-17(25-26(4,5)6)20-12-13-21-19-11-10-18-9-7-8-15-23(18,2)22(19)14-16-24(20,21)3/h7,9-10,17,19-22H,8,11-16H2,1-6H3/t17-,19-,20+,21-,22-,23-,24+/m0/s1. The third-order valence-electron chi connectivity index (χ3n) is 8.83. The van der Waals surface area contributed by atoms with Gasteiger partial charge < -0.3 is 4.43 Å². The zero-order valence-electron chi connectivity index (χ0n) is 18.0. The molecule has 2 saturated carbocycles. The minimum absolute atomic E-state index is 0.441. The predicted octanol–water partition coefficient (Wildman–Crippen LogP) is 6.97. The van der Waals surface area contributed by atoms with Gasteiger partial charge in [-0.3, -0.25) is 0 Å². The third-order valence-corrected chi connectivity index (χ3v) is 9.91. The first-order valence-corrected chi connectivity index (χ1v) is 14.6. The molecule has 0 N–H and O–H groups in total. The summed E-state index contributed by atoms with van der Waals surface area (Å²) in [5.74, 6) is 3.51. The summed E-state index contributed by atoms with van der Waals surface area (Å²) in [6.07, 6.45) is 17.6. The molecule has 0 heterocycles. The average Bonchev–Trinajstić information content (AvgIpc) is 2.90. The first-order chi connectivity index (χ1) is 12.2. The summed E-state index contributed by atoms with van der Waals surface area (Å²) in [5, 5.41) is 0. The van der Waals surface area contributed by atoms with Crippen LogP contribution in [0.3, 0.4) is 0 Å². The Labute approximate surface area is 162 Å². The fraction of sp³-hybridized carbons (Fsp3) is 0.833. The van der Waals surface area contributed by atoms with Crippen LogP contribution in [0.5, 0.6) is 0 Å². The highest BCUT2D eigenvalue weighted by atomic mass is 28.4. The van der Waals surface area contributed by atoms with Gasteiger partial charge in [0.25, 0.3) is 0 Å². The van der Waals surface area contributed by atoms with Gasteiger partial charge >= 0.3 is 0 Å². The van der Waals surface area contributed by atoms with Gasteiger partial charge in [0.2, 0.25) is 0 Å². The second-order valence-corrected chi connectivity index (χ2v) is 15.8. The Hall–Kier alpha value is -0.343. The van der Waals surface area contributed by atoms with Gasteiger partial charge in [-0.2, -0.15) is 0 Å². The molecule has 0 bridgehead atoms. The molecule has 7 atom stereocenters. The second-order valence-electron chi connectivity index (χ2n) is 11.3. The quantitative estimate of drug-likeness (QED) is 0.486. The van der Waals surface area contributed by atoms with Gasteiger partial charge in [-0.05, 0) is 112 Å². The summed E-state index contributed by atoms with van der Waals surface area (Å²) in [7, 11) is -1.46. The Balaban J connectivity index is 1.59. The molecule has 4 aliphatic carbocycles. The Bertz CT molecular complexity index is 614. The summed E-state index contributed by atoms with van der Waals surface area (Å²) >= 11 is 0. The summed E-state index contributed by atoms with van der Waals surface area (Å²) in [4.78, 5) is 0. The molecular weight excluding hydrogens is 332 g/mol. The molecular formula is C24H40OSi. The first kappa shape index (κ1) is 19.0. The van der Waals surface area contributed by atoms with Crippen LogP contribution in [-0.4, -0.2) is 14.4 Å². The molecule has 0 saturated heterocycles. The summed E-state index contributed by atoms with van der Waals surface area (Å²) in [6.45, 7) is 14.7. The topological polar surface area (TPSA) is 9.23 Å². The maximum Gasteiger partial charge on any atom is 0.184 e. The van der Waals surface area contributed by atoms with E-state index in [1.807, 2.05) is 0 Å². The van der Waals surface area contributed by atoms with Crippen LogP contribution in [0.15, 0.2) is 23.8 Å². The van der Waals surface area contributed by atoms with E-state index in [4.69, 9.17) is 4.43 Å². The zero-order chi connectivity index (χ0) is 18.7. The monoisotopic (exact) mass is 372 g/mol. The van der Waals surface area contributed by atoms with Gasteiger partial charge in [0.05, 0.1) is 0 Å². The fourth-order valence-electron chi connectivity index (χ4n) is 7.75. The number of hydrogen-bond donors (Lipinski definition) is 0. The zero-order valence-corrected chi connectivity index (χ0v) is 19.0. The van der Waals surface area contributed by atoms with E-state index in [1.165, 1.54) is 44.9 Å². The van der Waals surface area contributed by atoms with E-state index in [2.05, 4.69) is 58.6 Å². The number of hydrogen-bond acceptors (Lipinski definition) is 1.